The Bertz CT molecular complexity index is 873. The number of fused-ring (bicyclic) bond motifs is 1. The summed E-state index contributed by atoms with van der Waals surface area (Å²) in [5.74, 6) is 0. The number of hydrogen-bond acceptors (Lipinski definition) is 5. The summed E-state index contributed by atoms with van der Waals surface area (Å²) < 4.78 is 34.0. The highest BCUT2D eigenvalue weighted by atomic mass is 19.3. The first kappa shape index (κ1) is 16.8. The van der Waals surface area contributed by atoms with Gasteiger partial charge in [0.2, 0.25) is 0 Å². The number of aliphatic hydroxyl groups is 1. The van der Waals surface area contributed by atoms with Crippen molar-refractivity contribution in [2.24, 2.45) is 7.05 Å². The zero-order chi connectivity index (χ0) is 17.6. The molecule has 3 heterocycles. The first-order valence-corrected chi connectivity index (χ1v) is 7.50. The van der Waals surface area contributed by atoms with Crippen LogP contribution in [0.4, 0.5) is 8.78 Å². The Morgan fingerprint density at radius 3 is 2.79 bits per heavy atom. The van der Waals surface area contributed by atoms with E-state index in [1.165, 1.54) is 7.05 Å². The highest BCUT2D eigenvalue weighted by molar-refractivity contribution is 5.70. The van der Waals surface area contributed by atoms with Gasteiger partial charge in [-0.05, 0) is 19.8 Å². The molecule has 0 spiro atoms. The third-order valence-corrected chi connectivity index (χ3v) is 4.29. The Hall–Kier alpha value is -2.07. The van der Waals surface area contributed by atoms with Crippen LogP contribution in [0, 0.1) is 0 Å². The van der Waals surface area contributed by atoms with Crippen LogP contribution in [0.15, 0.2) is 15.9 Å². The monoisotopic (exact) mass is 344 g/mol. The van der Waals surface area contributed by atoms with Crippen molar-refractivity contribution in [1.82, 2.24) is 18.7 Å². The molecule has 0 saturated carbocycles. The molecule has 2 aromatic heterocycles. The highest BCUT2D eigenvalue weighted by Gasteiger charge is 2.30. The quantitative estimate of drug-likeness (QED) is 0.860. The molecular weight excluding hydrogens is 326 g/mol. The molecule has 1 saturated heterocycles. The summed E-state index contributed by atoms with van der Waals surface area (Å²) >= 11 is 0. The van der Waals surface area contributed by atoms with E-state index in [9.17, 15) is 23.5 Å². The van der Waals surface area contributed by atoms with Gasteiger partial charge in [-0.25, -0.2) is 9.78 Å². The molecule has 2 unspecified atom stereocenters. The topological polar surface area (TPSA) is 91.3 Å². The van der Waals surface area contributed by atoms with E-state index in [0.29, 0.717) is 17.4 Å². The first-order valence-electron chi connectivity index (χ1n) is 7.50. The maximum absolute atomic E-state index is 13.1. The summed E-state index contributed by atoms with van der Waals surface area (Å²) in [6.07, 6.45) is 1.31. The van der Waals surface area contributed by atoms with Crippen LogP contribution in [0.1, 0.15) is 26.3 Å². The summed E-state index contributed by atoms with van der Waals surface area (Å²) in [4.78, 5) is 28.6. The maximum atomic E-state index is 13.1. The average Bonchev–Trinajstić information content (AvgIpc) is 2.96. The second kappa shape index (κ2) is 5.78. The van der Waals surface area contributed by atoms with Crippen molar-refractivity contribution in [1.29, 1.82) is 0 Å². The minimum absolute atomic E-state index is 0.0635. The first-order chi connectivity index (χ1) is 11.2. The fraction of sp³-hybridized carbons (Fsp3) is 0.643. The van der Waals surface area contributed by atoms with E-state index in [1.54, 1.807) is 6.92 Å². The largest absolute Gasteiger partial charge is 0.388 e. The summed E-state index contributed by atoms with van der Waals surface area (Å²) in [5, 5.41) is 9.87. The van der Waals surface area contributed by atoms with Gasteiger partial charge >= 0.3 is 12.2 Å². The van der Waals surface area contributed by atoms with Gasteiger partial charge in [-0.15, -0.1) is 0 Å². The van der Waals surface area contributed by atoms with Crippen molar-refractivity contribution in [2.45, 2.75) is 44.6 Å². The molecule has 2 aromatic rings. The van der Waals surface area contributed by atoms with Gasteiger partial charge in [0, 0.05) is 7.05 Å². The van der Waals surface area contributed by atoms with Crippen LogP contribution >= 0.6 is 0 Å². The molecule has 2 atom stereocenters. The molecule has 0 radical (unpaired) electrons. The zero-order valence-corrected chi connectivity index (χ0v) is 13.3. The van der Waals surface area contributed by atoms with E-state index in [0.717, 1.165) is 15.5 Å². The SMILES string of the molecule is Cn1c(=O)n(CC2CCC(C)(O)CO2)c(=O)c2c1ncn2C(F)F. The second-order valence-corrected chi connectivity index (χ2v) is 6.33. The lowest BCUT2D eigenvalue weighted by Crippen LogP contribution is -2.46. The lowest BCUT2D eigenvalue weighted by atomic mass is 9.96. The van der Waals surface area contributed by atoms with Crippen LogP contribution in [0.3, 0.4) is 0 Å². The van der Waals surface area contributed by atoms with Gasteiger partial charge in [-0.2, -0.15) is 8.78 Å². The van der Waals surface area contributed by atoms with Gasteiger partial charge in [-0.3, -0.25) is 18.5 Å². The van der Waals surface area contributed by atoms with Crippen molar-refractivity contribution in [3.63, 3.8) is 0 Å². The molecule has 1 N–H and O–H groups in total. The Balaban J connectivity index is 2.04. The molecule has 0 aliphatic carbocycles. The van der Waals surface area contributed by atoms with Crippen LogP contribution in [0.2, 0.25) is 0 Å². The minimum atomic E-state index is -2.94. The average molecular weight is 344 g/mol. The molecule has 1 fully saturated rings. The summed E-state index contributed by atoms with van der Waals surface area (Å²) in [7, 11) is 1.37. The maximum Gasteiger partial charge on any atom is 0.332 e. The van der Waals surface area contributed by atoms with Crippen molar-refractivity contribution in [3.8, 4) is 0 Å². The number of nitrogens with zero attached hydrogens (tertiary/aromatic N) is 4. The number of aryl methyl sites for hydroxylation is 1. The van der Waals surface area contributed by atoms with Gasteiger partial charge in [0.05, 0.1) is 24.9 Å². The fourth-order valence-corrected chi connectivity index (χ4v) is 2.87. The van der Waals surface area contributed by atoms with Crippen molar-refractivity contribution in [3.05, 3.63) is 27.2 Å². The zero-order valence-electron chi connectivity index (χ0n) is 13.3. The lowest BCUT2D eigenvalue weighted by Gasteiger charge is -2.33. The summed E-state index contributed by atoms with van der Waals surface area (Å²) in [5.41, 5.74) is -2.83. The lowest BCUT2D eigenvalue weighted by molar-refractivity contribution is -0.113. The third kappa shape index (κ3) is 2.75. The van der Waals surface area contributed by atoms with Gasteiger partial charge < -0.3 is 9.84 Å². The molecule has 0 aromatic carbocycles. The summed E-state index contributed by atoms with van der Waals surface area (Å²) in [6, 6.07) is 0. The van der Waals surface area contributed by atoms with E-state index >= 15 is 0 Å². The van der Waals surface area contributed by atoms with Gasteiger partial charge in [0.15, 0.2) is 11.2 Å². The van der Waals surface area contributed by atoms with Crippen molar-refractivity contribution < 1.29 is 18.6 Å². The van der Waals surface area contributed by atoms with E-state index in [1.807, 2.05) is 0 Å². The van der Waals surface area contributed by atoms with Crippen molar-refractivity contribution >= 4 is 11.2 Å². The number of imidazole rings is 1. The number of ether oxygens (including phenoxy) is 1. The van der Waals surface area contributed by atoms with Gasteiger partial charge in [0.25, 0.3) is 5.56 Å². The van der Waals surface area contributed by atoms with Crippen LogP contribution in [-0.4, -0.2) is 42.1 Å². The molecule has 1 aliphatic rings. The van der Waals surface area contributed by atoms with E-state index in [4.69, 9.17) is 4.74 Å². The van der Waals surface area contributed by atoms with E-state index in [-0.39, 0.29) is 24.3 Å². The number of alkyl halides is 2. The standard InChI is InChI=1S/C14H18F2N4O4/c1-14(23)4-3-8(24-6-14)5-19-11(21)9-10(18(2)13(19)22)17-7-20(9)12(15)16/h7-8,12,23H,3-6H2,1-2H3. The van der Waals surface area contributed by atoms with Gasteiger partial charge in [0.1, 0.15) is 6.33 Å². The Kier molecular flexibility index (Phi) is 4.04. The molecule has 8 nitrogen and oxygen atoms in total. The van der Waals surface area contributed by atoms with Gasteiger partial charge in [-0.1, -0.05) is 0 Å². The van der Waals surface area contributed by atoms with Crippen LogP contribution in [0.25, 0.3) is 11.2 Å². The highest BCUT2D eigenvalue weighted by Crippen LogP contribution is 2.23. The second-order valence-electron chi connectivity index (χ2n) is 6.33. The molecule has 10 heteroatoms. The molecule has 0 bridgehead atoms. The molecule has 132 valence electrons. The molecule has 0 amide bonds. The smallest absolute Gasteiger partial charge is 0.332 e. The predicted molar refractivity (Wildman–Crippen MR) is 80.1 cm³/mol. The Morgan fingerprint density at radius 1 is 1.50 bits per heavy atom. The molecular formula is C14H18F2N4O4. The van der Waals surface area contributed by atoms with E-state index in [2.05, 4.69) is 4.98 Å². The minimum Gasteiger partial charge on any atom is -0.388 e. The number of aromatic nitrogens is 4. The fourth-order valence-electron chi connectivity index (χ4n) is 2.87. The Labute approximate surface area is 134 Å². The van der Waals surface area contributed by atoms with E-state index < -0.39 is 29.5 Å². The van der Waals surface area contributed by atoms with Crippen molar-refractivity contribution in [2.75, 3.05) is 6.61 Å². The molecule has 3 rings (SSSR count). The molecule has 1 aliphatic heterocycles. The number of rotatable bonds is 3. The van der Waals surface area contributed by atoms with Crippen LogP contribution in [0.5, 0.6) is 0 Å². The number of hydrogen-bond donors (Lipinski definition) is 1. The predicted octanol–water partition coefficient (Wildman–Crippen LogP) is 0.222. The van der Waals surface area contributed by atoms with Crippen LogP contribution in [-0.2, 0) is 18.3 Å². The molecule has 24 heavy (non-hydrogen) atoms. The third-order valence-electron chi connectivity index (χ3n) is 4.29. The Morgan fingerprint density at radius 2 is 2.21 bits per heavy atom. The number of halogens is 2. The normalized spacial score (nSPS) is 24.8. The summed E-state index contributed by atoms with van der Waals surface area (Å²) in [6.45, 7) is -1.27. The van der Waals surface area contributed by atoms with Crippen LogP contribution < -0.4 is 11.2 Å².